The van der Waals surface area contributed by atoms with Gasteiger partial charge in [-0.05, 0) is 56.0 Å². The number of benzene rings is 2. The normalized spacial score (nSPS) is 20.2. The van der Waals surface area contributed by atoms with Crippen molar-refractivity contribution >= 4 is 19.1 Å². The zero-order valence-corrected chi connectivity index (χ0v) is 14.5. The van der Waals surface area contributed by atoms with Crippen molar-refractivity contribution in [1.29, 1.82) is 0 Å². The summed E-state index contributed by atoms with van der Waals surface area (Å²) in [5.74, 6) is 1.60. The molecule has 1 aliphatic rings. The quantitative estimate of drug-likeness (QED) is 0.881. The highest BCUT2D eigenvalue weighted by Gasteiger charge is 2.38. The lowest BCUT2D eigenvalue weighted by molar-refractivity contribution is 0.240. The summed E-state index contributed by atoms with van der Waals surface area (Å²) in [5, 5.41) is 0. The van der Waals surface area contributed by atoms with Gasteiger partial charge in [0.25, 0.3) is 0 Å². The molecule has 0 fully saturated rings. The second kappa shape index (κ2) is 6.35. The second-order valence-corrected chi connectivity index (χ2v) is 6.74. The van der Waals surface area contributed by atoms with Crippen molar-refractivity contribution < 1.29 is 4.74 Å². The van der Waals surface area contributed by atoms with Gasteiger partial charge in [0.1, 0.15) is 19.1 Å². The number of hydrogen-bond acceptors (Lipinski definition) is 3. The fourth-order valence-corrected chi connectivity index (χ4v) is 3.34. The molecule has 2 radical (unpaired) electrons. The maximum atomic E-state index is 6.05. The van der Waals surface area contributed by atoms with Crippen molar-refractivity contribution in [3.05, 3.63) is 59.2 Å². The number of hydrogen-bond donors (Lipinski definition) is 1. The van der Waals surface area contributed by atoms with Crippen LogP contribution < -0.4 is 15.9 Å². The molecule has 3 nitrogen and oxygen atoms in total. The van der Waals surface area contributed by atoms with E-state index in [0.29, 0.717) is 5.84 Å². The van der Waals surface area contributed by atoms with Gasteiger partial charge >= 0.3 is 0 Å². The Labute approximate surface area is 145 Å². The molecule has 0 aliphatic carbocycles. The average Bonchev–Trinajstić information content (AvgIpc) is 2.92. The number of rotatable bonds is 4. The molecule has 4 heteroatoms. The van der Waals surface area contributed by atoms with E-state index in [9.17, 15) is 0 Å². The maximum absolute atomic E-state index is 6.05. The van der Waals surface area contributed by atoms with E-state index in [1.54, 1.807) is 0 Å². The topological polar surface area (TPSA) is 47.6 Å². The smallest absolute Gasteiger partial charge is 0.122 e. The van der Waals surface area contributed by atoms with Crippen LogP contribution in [0.1, 0.15) is 43.4 Å². The van der Waals surface area contributed by atoms with Crippen molar-refractivity contribution in [3.63, 3.8) is 0 Å². The number of amidine groups is 1. The van der Waals surface area contributed by atoms with E-state index < -0.39 is 5.54 Å². The van der Waals surface area contributed by atoms with Crippen LogP contribution in [0, 0.1) is 6.92 Å². The number of aryl methyl sites for hydroxylation is 1. The van der Waals surface area contributed by atoms with Crippen molar-refractivity contribution in [2.24, 2.45) is 10.7 Å². The van der Waals surface area contributed by atoms with Crippen LogP contribution in [0.25, 0.3) is 0 Å². The molecule has 0 saturated heterocycles. The Hall–Kier alpha value is -2.23. The van der Waals surface area contributed by atoms with E-state index >= 15 is 0 Å². The van der Waals surface area contributed by atoms with Crippen LogP contribution in [0.15, 0.2) is 47.5 Å². The highest BCUT2D eigenvalue weighted by Crippen LogP contribution is 2.42. The average molecular weight is 318 g/mol. The molecular weight excluding hydrogens is 295 g/mol. The molecule has 1 atom stereocenters. The summed E-state index contributed by atoms with van der Waals surface area (Å²) in [5.41, 5.74) is 9.65. The Morgan fingerprint density at radius 2 is 1.92 bits per heavy atom. The third-order valence-electron chi connectivity index (χ3n) is 4.46. The van der Waals surface area contributed by atoms with Gasteiger partial charge in [0, 0.05) is 6.42 Å². The molecule has 0 amide bonds. The molecule has 3 rings (SSSR count). The minimum absolute atomic E-state index is 0.151. The molecule has 2 aromatic carbocycles. The van der Waals surface area contributed by atoms with Crippen LogP contribution in [-0.4, -0.2) is 19.8 Å². The van der Waals surface area contributed by atoms with Gasteiger partial charge in [-0.3, -0.25) is 4.99 Å². The van der Waals surface area contributed by atoms with Crippen LogP contribution in [0.5, 0.6) is 5.75 Å². The van der Waals surface area contributed by atoms with E-state index in [1.165, 1.54) is 0 Å². The molecule has 1 unspecified atom stereocenters. The van der Waals surface area contributed by atoms with Gasteiger partial charge in [0.15, 0.2) is 0 Å². The summed E-state index contributed by atoms with van der Waals surface area (Å²) in [6.45, 7) is 6.13. The zero-order valence-electron chi connectivity index (χ0n) is 14.5. The molecule has 0 spiro atoms. The Morgan fingerprint density at radius 3 is 2.50 bits per heavy atom. The maximum Gasteiger partial charge on any atom is 0.122 e. The van der Waals surface area contributed by atoms with Gasteiger partial charge in [0.2, 0.25) is 0 Å². The van der Waals surface area contributed by atoms with Gasteiger partial charge in [-0.15, -0.1) is 0 Å². The summed E-state index contributed by atoms with van der Waals surface area (Å²) >= 11 is 0. The molecule has 1 aliphatic heterocycles. The first-order valence-corrected chi connectivity index (χ1v) is 8.39. The third kappa shape index (κ3) is 3.05. The van der Waals surface area contributed by atoms with Crippen molar-refractivity contribution in [1.82, 2.24) is 0 Å². The molecule has 24 heavy (non-hydrogen) atoms. The van der Waals surface area contributed by atoms with E-state index in [-0.39, 0.29) is 6.10 Å². The molecule has 1 heterocycles. The summed E-state index contributed by atoms with van der Waals surface area (Å²) < 4.78 is 5.86. The van der Waals surface area contributed by atoms with Crippen molar-refractivity contribution in [2.75, 3.05) is 0 Å². The molecule has 2 N–H and O–H groups in total. The molecule has 0 saturated carbocycles. The third-order valence-corrected chi connectivity index (χ3v) is 4.46. The van der Waals surface area contributed by atoms with Crippen LogP contribution in [-0.2, 0) is 5.54 Å². The lowest BCUT2D eigenvalue weighted by atomic mass is 9.79. The fourth-order valence-electron chi connectivity index (χ4n) is 3.34. The zero-order chi connectivity index (χ0) is 17.3. The van der Waals surface area contributed by atoms with Gasteiger partial charge < -0.3 is 10.5 Å². The predicted molar refractivity (Wildman–Crippen MR) is 100 cm³/mol. The van der Waals surface area contributed by atoms with Crippen LogP contribution in [0.4, 0.5) is 0 Å². The first kappa shape index (κ1) is 16.6. The molecule has 122 valence electrons. The summed E-state index contributed by atoms with van der Waals surface area (Å²) in [6.07, 6.45) is 1.79. The molecule has 0 bridgehead atoms. The van der Waals surface area contributed by atoms with Crippen LogP contribution in [0.2, 0.25) is 0 Å². The molecule has 0 aromatic heterocycles. The largest absolute Gasteiger partial charge is 0.491 e. The summed E-state index contributed by atoms with van der Waals surface area (Å²) in [4.78, 5) is 4.83. The lowest BCUT2D eigenvalue weighted by Crippen LogP contribution is -2.24. The van der Waals surface area contributed by atoms with Crippen molar-refractivity contribution in [2.45, 2.75) is 45.3 Å². The predicted octanol–water partition coefficient (Wildman–Crippen LogP) is 2.97. The Balaban J connectivity index is 2.10. The minimum atomic E-state index is -0.458. The second-order valence-electron chi connectivity index (χ2n) is 6.74. The Kier molecular flexibility index (Phi) is 4.40. The van der Waals surface area contributed by atoms with E-state index in [1.807, 2.05) is 38.1 Å². The van der Waals surface area contributed by atoms with Crippen molar-refractivity contribution in [3.8, 4) is 5.75 Å². The number of nitrogens with zero attached hydrogens (tertiary/aromatic N) is 1. The minimum Gasteiger partial charge on any atom is -0.491 e. The summed E-state index contributed by atoms with van der Waals surface area (Å²) in [6, 6.07) is 14.2. The standard InChI is InChI=1S/C20H23BN2O/c1-13(2)24-18-8-7-16(11-14(18)3)20(10-9-19(22)23-20)15-5-4-6-17(21)12-15/h4-8,11-13H,9-10H2,1-3H3,(H2,22,23). The van der Waals surface area contributed by atoms with Crippen LogP contribution >= 0.6 is 0 Å². The summed E-state index contributed by atoms with van der Waals surface area (Å²) in [7, 11) is 6.01. The highest BCUT2D eigenvalue weighted by atomic mass is 16.5. The van der Waals surface area contributed by atoms with Gasteiger partial charge in [-0.2, -0.15) is 0 Å². The lowest BCUT2D eigenvalue weighted by Gasteiger charge is -2.28. The molecule has 2 aromatic rings. The molecular formula is C20H23BN2O. The van der Waals surface area contributed by atoms with Gasteiger partial charge in [-0.1, -0.05) is 35.8 Å². The number of aliphatic imine (C=N–C) groups is 1. The fraction of sp³-hybridized carbons (Fsp3) is 0.350. The van der Waals surface area contributed by atoms with E-state index in [2.05, 4.69) is 25.1 Å². The Bertz CT molecular complexity index is 785. The van der Waals surface area contributed by atoms with E-state index in [4.69, 9.17) is 23.3 Å². The number of nitrogens with two attached hydrogens (primary N) is 1. The monoisotopic (exact) mass is 318 g/mol. The van der Waals surface area contributed by atoms with Crippen LogP contribution in [0.3, 0.4) is 0 Å². The van der Waals surface area contributed by atoms with E-state index in [0.717, 1.165) is 40.7 Å². The number of ether oxygens (including phenoxy) is 1. The van der Waals surface area contributed by atoms with Gasteiger partial charge in [-0.25, -0.2) is 0 Å². The first-order chi connectivity index (χ1) is 11.4. The first-order valence-electron chi connectivity index (χ1n) is 8.39. The SMILES string of the molecule is [B]c1cccc(C2(c3ccc(OC(C)C)c(C)c3)CCC(N)=N2)c1. The highest BCUT2D eigenvalue weighted by molar-refractivity contribution is 6.32. The Morgan fingerprint density at radius 1 is 1.17 bits per heavy atom. The van der Waals surface area contributed by atoms with Gasteiger partial charge in [0.05, 0.1) is 11.9 Å².